The van der Waals surface area contributed by atoms with E-state index in [0.717, 1.165) is 12.8 Å². The van der Waals surface area contributed by atoms with Gasteiger partial charge in [0, 0.05) is 12.3 Å². The van der Waals surface area contributed by atoms with Crippen LogP contribution in [-0.2, 0) is 9.53 Å². The first-order valence-electron chi connectivity index (χ1n) is 5.88. The fourth-order valence-corrected chi connectivity index (χ4v) is 1.36. The van der Waals surface area contributed by atoms with Crippen LogP contribution < -0.4 is 0 Å². The van der Waals surface area contributed by atoms with E-state index in [0.29, 0.717) is 0 Å². The number of ether oxygens (including phenoxy) is 1. The zero-order chi connectivity index (χ0) is 11.4. The number of unbranched alkanes of at least 4 members (excludes halogenated alkanes) is 7. The van der Waals surface area contributed by atoms with Gasteiger partial charge in [0.1, 0.15) is 0 Å². The molecule has 0 aliphatic carbocycles. The SMILES string of the molecule is CCCCCCCCCC#CC(=O)OC. The van der Waals surface area contributed by atoms with Gasteiger partial charge in [-0.15, -0.1) is 0 Å². The minimum absolute atomic E-state index is 0.432. The largest absolute Gasteiger partial charge is 0.459 e. The molecule has 0 unspecified atom stereocenters. The van der Waals surface area contributed by atoms with Crippen molar-refractivity contribution in [1.82, 2.24) is 0 Å². The number of hydrogen-bond acceptors (Lipinski definition) is 2. The van der Waals surface area contributed by atoms with E-state index in [-0.39, 0.29) is 0 Å². The Kier molecular flexibility index (Phi) is 10.4. The summed E-state index contributed by atoms with van der Waals surface area (Å²) in [7, 11) is 1.35. The lowest BCUT2D eigenvalue weighted by molar-refractivity contribution is -0.133. The lowest BCUT2D eigenvalue weighted by Crippen LogP contribution is -1.94. The fourth-order valence-electron chi connectivity index (χ4n) is 1.36. The molecule has 0 rings (SSSR count). The Morgan fingerprint density at radius 1 is 1.07 bits per heavy atom. The second-order valence-electron chi connectivity index (χ2n) is 3.66. The van der Waals surface area contributed by atoms with Gasteiger partial charge in [-0.3, -0.25) is 0 Å². The molecule has 0 saturated carbocycles. The van der Waals surface area contributed by atoms with Crippen LogP contribution in [0.25, 0.3) is 0 Å². The summed E-state index contributed by atoms with van der Waals surface area (Å²) in [4.78, 5) is 10.6. The van der Waals surface area contributed by atoms with Crippen molar-refractivity contribution in [1.29, 1.82) is 0 Å². The van der Waals surface area contributed by atoms with E-state index in [9.17, 15) is 4.79 Å². The molecular weight excluding hydrogens is 188 g/mol. The van der Waals surface area contributed by atoms with Crippen molar-refractivity contribution in [3.8, 4) is 11.8 Å². The Morgan fingerprint density at radius 3 is 2.27 bits per heavy atom. The number of methoxy groups -OCH3 is 1. The predicted molar refractivity (Wildman–Crippen MR) is 62.4 cm³/mol. The molecule has 86 valence electrons. The lowest BCUT2D eigenvalue weighted by atomic mass is 10.1. The van der Waals surface area contributed by atoms with Crippen LogP contribution in [0.3, 0.4) is 0 Å². The summed E-state index contributed by atoms with van der Waals surface area (Å²) in [6.07, 6.45) is 9.74. The van der Waals surface area contributed by atoms with E-state index < -0.39 is 5.97 Å². The lowest BCUT2D eigenvalue weighted by Gasteiger charge is -1.97. The Bertz CT molecular complexity index is 210. The molecule has 2 heteroatoms. The van der Waals surface area contributed by atoms with Crippen LogP contribution in [0.4, 0.5) is 0 Å². The third-order valence-corrected chi connectivity index (χ3v) is 2.28. The van der Waals surface area contributed by atoms with E-state index in [2.05, 4.69) is 23.5 Å². The average molecular weight is 210 g/mol. The van der Waals surface area contributed by atoms with Gasteiger partial charge >= 0.3 is 5.97 Å². The number of esters is 1. The van der Waals surface area contributed by atoms with Crippen LogP contribution in [0.1, 0.15) is 58.3 Å². The maximum Gasteiger partial charge on any atom is 0.384 e. The van der Waals surface area contributed by atoms with Crippen LogP contribution in [-0.4, -0.2) is 13.1 Å². The van der Waals surface area contributed by atoms with Gasteiger partial charge in [-0.05, 0) is 6.42 Å². The normalized spacial score (nSPS) is 9.20. The van der Waals surface area contributed by atoms with Crippen molar-refractivity contribution in [2.24, 2.45) is 0 Å². The van der Waals surface area contributed by atoms with E-state index >= 15 is 0 Å². The third kappa shape index (κ3) is 11.0. The third-order valence-electron chi connectivity index (χ3n) is 2.28. The molecule has 2 nitrogen and oxygen atoms in total. The molecule has 0 aromatic heterocycles. The average Bonchev–Trinajstić information content (AvgIpc) is 2.26. The molecule has 0 aromatic rings. The molecule has 0 heterocycles. The fraction of sp³-hybridized carbons (Fsp3) is 0.769. The number of rotatable bonds is 7. The smallest absolute Gasteiger partial charge is 0.384 e. The van der Waals surface area contributed by atoms with Gasteiger partial charge in [0.2, 0.25) is 0 Å². The molecule has 0 spiro atoms. The van der Waals surface area contributed by atoms with E-state index in [1.807, 2.05) is 0 Å². The number of carbonyl (C=O) groups is 1. The van der Waals surface area contributed by atoms with Gasteiger partial charge in [-0.2, -0.15) is 0 Å². The summed E-state index contributed by atoms with van der Waals surface area (Å²) >= 11 is 0. The van der Waals surface area contributed by atoms with Crippen molar-refractivity contribution in [2.45, 2.75) is 58.3 Å². The highest BCUT2D eigenvalue weighted by Crippen LogP contribution is 2.07. The molecule has 15 heavy (non-hydrogen) atoms. The molecule has 0 radical (unpaired) electrons. The first-order chi connectivity index (χ1) is 7.31. The molecule has 0 bridgehead atoms. The molecule has 0 amide bonds. The first-order valence-corrected chi connectivity index (χ1v) is 5.88. The first kappa shape index (κ1) is 14.0. The quantitative estimate of drug-likeness (QED) is 0.279. The van der Waals surface area contributed by atoms with Crippen molar-refractivity contribution in [3.63, 3.8) is 0 Å². The van der Waals surface area contributed by atoms with Crippen LogP contribution >= 0.6 is 0 Å². The summed E-state index contributed by atoms with van der Waals surface area (Å²) in [6, 6.07) is 0. The molecule has 0 fully saturated rings. The van der Waals surface area contributed by atoms with Crippen LogP contribution in [0.5, 0.6) is 0 Å². The van der Waals surface area contributed by atoms with Gasteiger partial charge in [-0.25, -0.2) is 4.79 Å². The van der Waals surface area contributed by atoms with E-state index in [1.54, 1.807) is 0 Å². The van der Waals surface area contributed by atoms with Crippen molar-refractivity contribution >= 4 is 5.97 Å². The van der Waals surface area contributed by atoms with Crippen LogP contribution in [0.15, 0.2) is 0 Å². The van der Waals surface area contributed by atoms with Crippen molar-refractivity contribution < 1.29 is 9.53 Å². The summed E-state index contributed by atoms with van der Waals surface area (Å²) in [5.41, 5.74) is 0. The summed E-state index contributed by atoms with van der Waals surface area (Å²) in [5, 5.41) is 0. The maximum atomic E-state index is 10.6. The number of carbonyl (C=O) groups excluding carboxylic acids is 1. The van der Waals surface area contributed by atoms with E-state index in [4.69, 9.17) is 0 Å². The Morgan fingerprint density at radius 2 is 1.67 bits per heavy atom. The van der Waals surface area contributed by atoms with Gasteiger partial charge in [0.15, 0.2) is 0 Å². The summed E-state index contributed by atoms with van der Waals surface area (Å²) in [6.45, 7) is 2.22. The number of hydrogen-bond donors (Lipinski definition) is 0. The molecular formula is C13H22O2. The second-order valence-corrected chi connectivity index (χ2v) is 3.66. The molecule has 0 saturated heterocycles. The van der Waals surface area contributed by atoms with E-state index in [1.165, 1.54) is 45.6 Å². The van der Waals surface area contributed by atoms with Gasteiger partial charge < -0.3 is 4.74 Å². The van der Waals surface area contributed by atoms with Gasteiger partial charge in [0.25, 0.3) is 0 Å². The van der Waals surface area contributed by atoms with Crippen molar-refractivity contribution in [3.05, 3.63) is 0 Å². The highest BCUT2D eigenvalue weighted by molar-refractivity contribution is 5.88. The zero-order valence-corrected chi connectivity index (χ0v) is 9.97. The minimum Gasteiger partial charge on any atom is -0.459 e. The Labute approximate surface area is 93.4 Å². The maximum absolute atomic E-state index is 10.6. The molecule has 0 aliphatic heterocycles. The Balaban J connectivity index is 3.16. The Hall–Kier alpha value is -0.970. The standard InChI is InChI=1S/C13H22O2/c1-3-4-5-6-7-8-9-10-11-12-13(14)15-2/h3-10H2,1-2H3. The molecule has 0 atom stereocenters. The van der Waals surface area contributed by atoms with Crippen LogP contribution in [0.2, 0.25) is 0 Å². The topological polar surface area (TPSA) is 26.3 Å². The molecule has 0 aromatic carbocycles. The van der Waals surface area contributed by atoms with Crippen LogP contribution in [0, 0.1) is 11.8 Å². The summed E-state index contributed by atoms with van der Waals surface area (Å²) < 4.78 is 4.41. The minimum atomic E-state index is -0.432. The monoisotopic (exact) mass is 210 g/mol. The van der Waals surface area contributed by atoms with Gasteiger partial charge in [-0.1, -0.05) is 51.4 Å². The molecule has 0 aliphatic rings. The zero-order valence-electron chi connectivity index (χ0n) is 9.97. The highest BCUT2D eigenvalue weighted by Gasteiger charge is 1.90. The predicted octanol–water partition coefficient (Wildman–Crippen LogP) is 3.30. The van der Waals surface area contributed by atoms with Gasteiger partial charge in [0.05, 0.1) is 7.11 Å². The molecule has 0 N–H and O–H groups in total. The summed E-state index contributed by atoms with van der Waals surface area (Å²) in [5.74, 6) is 4.81. The van der Waals surface area contributed by atoms with Crippen molar-refractivity contribution in [2.75, 3.05) is 7.11 Å². The second kappa shape index (κ2) is 11.1. The highest BCUT2D eigenvalue weighted by atomic mass is 16.5.